The molecule has 4 aliphatic rings. The van der Waals surface area contributed by atoms with Crippen molar-refractivity contribution in [2.24, 2.45) is 23.2 Å². The summed E-state index contributed by atoms with van der Waals surface area (Å²) in [4.78, 5) is 11.9. The van der Waals surface area contributed by atoms with Crippen molar-refractivity contribution in [3.63, 3.8) is 0 Å². The smallest absolute Gasteiger partial charge is 0.407 e. The molecule has 4 fully saturated rings. The lowest BCUT2D eigenvalue weighted by atomic mass is 9.48. The van der Waals surface area contributed by atoms with Crippen LogP contribution in [0.1, 0.15) is 52.9 Å². The van der Waals surface area contributed by atoms with Gasteiger partial charge in [-0.3, -0.25) is 0 Å². The van der Waals surface area contributed by atoms with Crippen molar-refractivity contribution in [3.05, 3.63) is 0 Å². The van der Waals surface area contributed by atoms with Gasteiger partial charge in [0.25, 0.3) is 0 Å². The van der Waals surface area contributed by atoms with Crippen molar-refractivity contribution in [2.75, 3.05) is 13.7 Å². The van der Waals surface area contributed by atoms with E-state index in [-0.39, 0.29) is 6.09 Å². The molecule has 0 aromatic rings. The molecule has 2 atom stereocenters. The highest BCUT2D eigenvalue weighted by Gasteiger charge is 2.55. The lowest BCUT2D eigenvalue weighted by Gasteiger charge is -2.59. The summed E-state index contributed by atoms with van der Waals surface area (Å²) >= 11 is 0. The Morgan fingerprint density at radius 1 is 1.19 bits per heavy atom. The summed E-state index contributed by atoms with van der Waals surface area (Å²) < 4.78 is 11.1. The maximum Gasteiger partial charge on any atom is 0.407 e. The molecule has 4 rings (SSSR count). The highest BCUT2D eigenvalue weighted by Crippen LogP contribution is 2.60. The van der Waals surface area contributed by atoms with Gasteiger partial charge >= 0.3 is 6.09 Å². The molecule has 4 aliphatic carbocycles. The number of nitrogens with one attached hydrogen (secondary N) is 1. The Balaban J connectivity index is 1.60. The molecule has 1 amide bonds. The Bertz CT molecular complexity index is 399. The van der Waals surface area contributed by atoms with Crippen molar-refractivity contribution < 1.29 is 14.3 Å². The lowest BCUT2D eigenvalue weighted by molar-refractivity contribution is -0.146. The topological polar surface area (TPSA) is 47.6 Å². The van der Waals surface area contributed by atoms with Gasteiger partial charge in [-0.05, 0) is 76.0 Å². The number of hydrogen-bond acceptors (Lipinski definition) is 3. The van der Waals surface area contributed by atoms with Crippen molar-refractivity contribution >= 4 is 6.09 Å². The predicted molar refractivity (Wildman–Crippen MR) is 81.0 cm³/mol. The van der Waals surface area contributed by atoms with E-state index in [4.69, 9.17) is 9.47 Å². The third-order valence-electron chi connectivity index (χ3n) is 5.59. The fourth-order valence-corrected chi connectivity index (χ4v) is 5.32. The summed E-state index contributed by atoms with van der Waals surface area (Å²) in [5.74, 6) is 2.23. The number of hydrogen-bond donors (Lipinski definition) is 1. The summed E-state index contributed by atoms with van der Waals surface area (Å²) in [6.45, 7) is 6.48. The zero-order valence-corrected chi connectivity index (χ0v) is 13.8. The standard InChI is InChI=1S/C17H29NO3/c1-16(2,3)21-15(19)18-10-17-7-11-5-12(8-17)14(20-4)13(6-11)9-17/h11-14H,5-10H2,1-4H3,(H,18,19). The van der Waals surface area contributed by atoms with Crippen LogP contribution < -0.4 is 5.32 Å². The third-order valence-corrected chi connectivity index (χ3v) is 5.59. The Hall–Kier alpha value is -0.770. The van der Waals surface area contributed by atoms with Crippen LogP contribution in [0.4, 0.5) is 4.79 Å². The van der Waals surface area contributed by atoms with Crippen LogP contribution in [0.3, 0.4) is 0 Å². The van der Waals surface area contributed by atoms with E-state index in [0.717, 1.165) is 12.5 Å². The molecule has 0 aromatic carbocycles. The highest BCUT2D eigenvalue weighted by atomic mass is 16.6. The predicted octanol–water partition coefficient (Wildman–Crippen LogP) is 3.35. The molecule has 0 spiro atoms. The van der Waals surface area contributed by atoms with Crippen molar-refractivity contribution in [3.8, 4) is 0 Å². The fraction of sp³-hybridized carbons (Fsp3) is 0.941. The van der Waals surface area contributed by atoms with Gasteiger partial charge in [0.15, 0.2) is 0 Å². The molecule has 4 bridgehead atoms. The van der Waals surface area contributed by atoms with Crippen LogP contribution in [-0.2, 0) is 9.47 Å². The van der Waals surface area contributed by atoms with Crippen molar-refractivity contribution in [1.82, 2.24) is 5.32 Å². The Morgan fingerprint density at radius 2 is 1.81 bits per heavy atom. The average Bonchev–Trinajstić information content (AvgIpc) is 2.34. The first kappa shape index (κ1) is 15.1. The number of carbonyl (C=O) groups is 1. The Kier molecular flexibility index (Phi) is 3.71. The molecule has 4 heteroatoms. The molecular formula is C17H29NO3. The van der Waals surface area contributed by atoms with E-state index >= 15 is 0 Å². The summed E-state index contributed by atoms with van der Waals surface area (Å²) in [6, 6.07) is 0. The van der Waals surface area contributed by atoms with E-state index < -0.39 is 5.60 Å². The van der Waals surface area contributed by atoms with Crippen LogP contribution in [0.15, 0.2) is 0 Å². The first-order valence-electron chi connectivity index (χ1n) is 8.30. The molecule has 21 heavy (non-hydrogen) atoms. The Morgan fingerprint density at radius 3 is 2.33 bits per heavy atom. The summed E-state index contributed by atoms with van der Waals surface area (Å²) in [7, 11) is 1.86. The lowest BCUT2D eigenvalue weighted by Crippen LogP contribution is -2.57. The van der Waals surface area contributed by atoms with Crippen LogP contribution in [0.2, 0.25) is 0 Å². The van der Waals surface area contributed by atoms with Crippen LogP contribution in [0.25, 0.3) is 0 Å². The van der Waals surface area contributed by atoms with Crippen LogP contribution in [0, 0.1) is 23.2 Å². The van der Waals surface area contributed by atoms with Gasteiger partial charge in [0.05, 0.1) is 6.10 Å². The number of rotatable bonds is 3. The highest BCUT2D eigenvalue weighted by molar-refractivity contribution is 5.67. The first-order valence-corrected chi connectivity index (χ1v) is 8.30. The molecule has 4 saturated carbocycles. The second-order valence-corrected chi connectivity index (χ2v) is 8.53. The average molecular weight is 295 g/mol. The maximum atomic E-state index is 11.9. The monoisotopic (exact) mass is 295 g/mol. The van der Waals surface area contributed by atoms with Gasteiger partial charge in [-0.25, -0.2) is 4.79 Å². The summed E-state index contributed by atoms with van der Waals surface area (Å²) in [5.41, 5.74) is -0.130. The number of carbonyl (C=O) groups excluding carboxylic acids is 1. The largest absolute Gasteiger partial charge is 0.444 e. The minimum Gasteiger partial charge on any atom is -0.444 e. The number of amides is 1. The number of alkyl carbamates (subject to hydrolysis) is 1. The first-order chi connectivity index (χ1) is 9.80. The molecule has 0 aromatic heterocycles. The Labute approximate surface area is 127 Å². The molecule has 0 heterocycles. The minimum atomic E-state index is -0.424. The van der Waals surface area contributed by atoms with E-state index in [2.05, 4.69) is 5.32 Å². The second kappa shape index (κ2) is 5.15. The van der Waals surface area contributed by atoms with Gasteiger partial charge in [0.1, 0.15) is 5.60 Å². The van der Waals surface area contributed by atoms with Crippen molar-refractivity contribution in [1.29, 1.82) is 0 Å². The zero-order chi connectivity index (χ0) is 15.3. The van der Waals surface area contributed by atoms with Gasteiger partial charge in [-0.2, -0.15) is 0 Å². The third kappa shape index (κ3) is 3.05. The van der Waals surface area contributed by atoms with Crippen LogP contribution >= 0.6 is 0 Å². The molecule has 4 nitrogen and oxygen atoms in total. The van der Waals surface area contributed by atoms with Gasteiger partial charge in [-0.15, -0.1) is 0 Å². The SMILES string of the molecule is COC1C2CC3CC1CC(CNC(=O)OC(C)(C)C)(C3)C2. The van der Waals surface area contributed by atoms with E-state index in [1.54, 1.807) is 0 Å². The van der Waals surface area contributed by atoms with E-state index in [9.17, 15) is 4.79 Å². The summed E-state index contributed by atoms with van der Waals surface area (Å²) in [6.07, 6.45) is 6.50. The molecule has 0 aliphatic heterocycles. The van der Waals surface area contributed by atoms with E-state index in [1.807, 2.05) is 27.9 Å². The minimum absolute atomic E-state index is 0.276. The van der Waals surface area contributed by atoms with E-state index in [1.165, 1.54) is 32.1 Å². The van der Waals surface area contributed by atoms with Gasteiger partial charge < -0.3 is 14.8 Å². The molecule has 120 valence electrons. The fourth-order valence-electron chi connectivity index (χ4n) is 5.32. The quantitative estimate of drug-likeness (QED) is 0.868. The van der Waals surface area contributed by atoms with Crippen molar-refractivity contribution in [2.45, 2.75) is 64.6 Å². The number of ether oxygens (including phenoxy) is 2. The van der Waals surface area contributed by atoms with Gasteiger partial charge in [0, 0.05) is 13.7 Å². The van der Waals surface area contributed by atoms with Crippen LogP contribution in [-0.4, -0.2) is 31.5 Å². The zero-order valence-electron chi connectivity index (χ0n) is 13.8. The van der Waals surface area contributed by atoms with E-state index in [0.29, 0.717) is 23.4 Å². The molecule has 0 saturated heterocycles. The number of methoxy groups -OCH3 is 1. The molecule has 1 N–H and O–H groups in total. The van der Waals surface area contributed by atoms with Gasteiger partial charge in [0.2, 0.25) is 0 Å². The molecular weight excluding hydrogens is 266 g/mol. The second-order valence-electron chi connectivity index (χ2n) is 8.53. The summed E-state index contributed by atoms with van der Waals surface area (Å²) in [5, 5.41) is 3.03. The maximum absolute atomic E-state index is 11.9. The normalized spacial score (nSPS) is 41.1. The molecule has 2 unspecified atom stereocenters. The van der Waals surface area contributed by atoms with Gasteiger partial charge in [-0.1, -0.05) is 0 Å². The molecule has 0 radical (unpaired) electrons. The van der Waals surface area contributed by atoms with Crippen LogP contribution in [0.5, 0.6) is 0 Å².